The van der Waals surface area contributed by atoms with Crippen molar-refractivity contribution in [1.29, 1.82) is 0 Å². The van der Waals surface area contributed by atoms with E-state index < -0.39 is 0 Å². The topological polar surface area (TPSA) is 58.0 Å². The third-order valence-electron chi connectivity index (χ3n) is 9.15. The van der Waals surface area contributed by atoms with Gasteiger partial charge in [-0.2, -0.15) is 0 Å². The summed E-state index contributed by atoms with van der Waals surface area (Å²) in [4.78, 5) is 22.2. The number of thiophene rings is 2. The lowest BCUT2D eigenvalue weighted by Gasteiger charge is -2.24. The van der Waals surface area contributed by atoms with Crippen LogP contribution in [0.25, 0.3) is 51.1 Å². The van der Waals surface area contributed by atoms with E-state index in [2.05, 4.69) is 80.4 Å². The fourth-order valence-electron chi connectivity index (χ4n) is 7.00. The number of hydrogen-bond acceptors (Lipinski definition) is 8. The summed E-state index contributed by atoms with van der Waals surface area (Å²) in [6.07, 6.45) is 11.0. The summed E-state index contributed by atoms with van der Waals surface area (Å²) in [5, 5.41) is 7.69. The van der Waals surface area contributed by atoms with Crippen molar-refractivity contribution >= 4 is 108 Å². The molecule has 6 heterocycles. The van der Waals surface area contributed by atoms with Gasteiger partial charge in [-0.15, -0.1) is 22.7 Å². The SMILES string of the molecule is c1ccc(N(c2ccncc2)c2ccc3c(c2)sc2ccc4c(ccc5sc6cc(N(c7ccncc7)c7ccccn7)ccc6c54)c23)nc1. The van der Waals surface area contributed by atoms with Crippen molar-refractivity contribution in [3.05, 3.63) is 159 Å². The van der Waals surface area contributed by atoms with Crippen LogP contribution in [0, 0.1) is 0 Å². The Balaban J connectivity index is 1.12. The molecule has 0 amide bonds. The van der Waals surface area contributed by atoms with Crippen LogP contribution in [0.1, 0.15) is 0 Å². The van der Waals surface area contributed by atoms with Crippen LogP contribution in [-0.4, -0.2) is 19.9 Å². The molecule has 0 aliphatic carbocycles. The van der Waals surface area contributed by atoms with Crippen LogP contribution in [0.3, 0.4) is 0 Å². The molecule has 0 saturated heterocycles. The van der Waals surface area contributed by atoms with Crippen LogP contribution >= 0.6 is 22.7 Å². The molecular formula is C42H26N6S2. The Bertz CT molecular complexity index is 2550. The quantitative estimate of drug-likeness (QED) is 0.174. The Hall–Kier alpha value is -6.22. The number of benzene rings is 4. The Morgan fingerprint density at radius 3 is 1.22 bits per heavy atom. The summed E-state index contributed by atoms with van der Waals surface area (Å²) in [6.45, 7) is 0. The highest BCUT2D eigenvalue weighted by atomic mass is 32.1. The third-order valence-corrected chi connectivity index (χ3v) is 11.4. The van der Waals surface area contributed by atoms with Crippen molar-refractivity contribution in [2.24, 2.45) is 0 Å². The van der Waals surface area contributed by atoms with Gasteiger partial charge in [0.05, 0.1) is 11.4 Å². The molecule has 10 rings (SSSR count). The molecule has 4 aromatic carbocycles. The summed E-state index contributed by atoms with van der Waals surface area (Å²) in [6, 6.07) is 42.8. The first kappa shape index (κ1) is 28.8. The normalized spacial score (nSPS) is 11.6. The van der Waals surface area contributed by atoms with Gasteiger partial charge in [-0.25, -0.2) is 9.97 Å². The van der Waals surface area contributed by atoms with Crippen LogP contribution in [0.15, 0.2) is 159 Å². The molecule has 0 aliphatic rings. The molecule has 6 aromatic heterocycles. The van der Waals surface area contributed by atoms with E-state index in [0.717, 1.165) is 34.4 Å². The van der Waals surface area contributed by atoms with Crippen LogP contribution in [0.4, 0.5) is 34.4 Å². The lowest BCUT2D eigenvalue weighted by molar-refractivity contribution is 1.17. The second-order valence-corrected chi connectivity index (χ2v) is 14.2. The smallest absolute Gasteiger partial charge is 0.137 e. The highest BCUT2D eigenvalue weighted by molar-refractivity contribution is 7.26. The zero-order valence-corrected chi connectivity index (χ0v) is 28.1. The minimum Gasteiger partial charge on any atom is -0.295 e. The molecule has 0 spiro atoms. The Morgan fingerprint density at radius 1 is 0.360 bits per heavy atom. The van der Waals surface area contributed by atoms with Crippen LogP contribution < -0.4 is 9.80 Å². The van der Waals surface area contributed by atoms with E-state index in [-0.39, 0.29) is 0 Å². The van der Waals surface area contributed by atoms with Crippen molar-refractivity contribution in [2.75, 3.05) is 9.80 Å². The van der Waals surface area contributed by atoms with E-state index in [1.54, 1.807) is 0 Å². The maximum atomic E-state index is 4.69. The Morgan fingerprint density at radius 2 is 0.800 bits per heavy atom. The first-order valence-electron chi connectivity index (χ1n) is 16.3. The van der Waals surface area contributed by atoms with Crippen molar-refractivity contribution in [3.8, 4) is 0 Å². The van der Waals surface area contributed by atoms with Crippen molar-refractivity contribution in [2.45, 2.75) is 0 Å². The number of nitrogens with zero attached hydrogens (tertiary/aromatic N) is 6. The van der Waals surface area contributed by atoms with Crippen LogP contribution in [-0.2, 0) is 0 Å². The molecule has 8 heteroatoms. The first-order valence-corrected chi connectivity index (χ1v) is 17.9. The average molecular weight is 679 g/mol. The molecule has 0 radical (unpaired) electrons. The maximum absolute atomic E-state index is 4.69. The predicted molar refractivity (Wildman–Crippen MR) is 210 cm³/mol. The van der Waals surface area contributed by atoms with Gasteiger partial charge in [-0.05, 0) is 95.7 Å². The predicted octanol–water partition coefficient (Wildman–Crippen LogP) is 12.1. The standard InChI is InChI=1S/C42H26N6S2/c1-3-19-45-39(5-1)47(27-15-21-43-22-16-27)29-7-9-33-37(25-29)49-35-13-11-32-31(41(33)35)12-14-36-42(32)34-10-8-30(26-38(34)50-36)48(28-17-23-44-24-18-28)40-6-2-4-20-46-40/h1-26H. The molecule has 0 N–H and O–H groups in total. The zero-order chi connectivity index (χ0) is 33.0. The number of rotatable bonds is 6. The van der Waals surface area contributed by atoms with Crippen molar-refractivity contribution in [1.82, 2.24) is 19.9 Å². The number of anilines is 6. The van der Waals surface area contributed by atoms with Gasteiger partial charge in [-0.3, -0.25) is 19.8 Å². The van der Waals surface area contributed by atoms with Gasteiger partial charge in [0.2, 0.25) is 0 Å². The average Bonchev–Trinajstić information content (AvgIpc) is 3.75. The van der Waals surface area contributed by atoms with Crippen molar-refractivity contribution in [3.63, 3.8) is 0 Å². The van der Waals surface area contributed by atoms with E-state index in [1.165, 1.54) is 51.1 Å². The Labute approximate surface area is 295 Å². The molecule has 236 valence electrons. The van der Waals surface area contributed by atoms with Gasteiger partial charge in [0.15, 0.2) is 0 Å². The fraction of sp³-hybridized carbons (Fsp3) is 0. The second-order valence-electron chi connectivity index (χ2n) is 12.0. The van der Waals surface area contributed by atoms with Gasteiger partial charge in [0.25, 0.3) is 0 Å². The fourth-order valence-corrected chi connectivity index (χ4v) is 9.31. The van der Waals surface area contributed by atoms with E-state index in [0.29, 0.717) is 0 Å². The highest BCUT2D eigenvalue weighted by Crippen LogP contribution is 2.46. The minimum absolute atomic E-state index is 0.864. The monoisotopic (exact) mass is 678 g/mol. The van der Waals surface area contributed by atoms with Gasteiger partial charge in [-0.1, -0.05) is 36.4 Å². The zero-order valence-electron chi connectivity index (χ0n) is 26.5. The minimum atomic E-state index is 0.864. The van der Waals surface area contributed by atoms with Gasteiger partial charge < -0.3 is 0 Å². The number of aromatic nitrogens is 4. The first-order chi connectivity index (χ1) is 24.8. The summed E-state index contributed by atoms with van der Waals surface area (Å²) in [5.74, 6) is 1.73. The molecule has 0 unspecified atom stereocenters. The van der Waals surface area contributed by atoms with E-state index in [1.807, 2.05) is 121 Å². The van der Waals surface area contributed by atoms with Crippen molar-refractivity contribution < 1.29 is 0 Å². The van der Waals surface area contributed by atoms with Gasteiger partial charge in [0.1, 0.15) is 11.6 Å². The number of fused-ring (bicyclic) bond motifs is 9. The van der Waals surface area contributed by atoms with Crippen LogP contribution in [0.2, 0.25) is 0 Å². The Kier molecular flexibility index (Phi) is 6.75. The molecule has 0 bridgehead atoms. The number of hydrogen-bond donors (Lipinski definition) is 0. The third kappa shape index (κ3) is 4.69. The largest absolute Gasteiger partial charge is 0.295 e. The van der Waals surface area contributed by atoms with E-state index >= 15 is 0 Å². The van der Waals surface area contributed by atoms with Gasteiger partial charge >= 0.3 is 0 Å². The summed E-state index contributed by atoms with van der Waals surface area (Å²) in [7, 11) is 0. The van der Waals surface area contributed by atoms with Gasteiger partial charge in [0, 0.05) is 88.9 Å². The maximum Gasteiger partial charge on any atom is 0.137 e. The number of pyridine rings is 4. The molecule has 10 aromatic rings. The lowest BCUT2D eigenvalue weighted by atomic mass is 9.99. The molecular weight excluding hydrogens is 653 g/mol. The molecule has 0 saturated carbocycles. The molecule has 6 nitrogen and oxygen atoms in total. The van der Waals surface area contributed by atoms with E-state index in [4.69, 9.17) is 9.97 Å². The second kappa shape index (κ2) is 11.7. The van der Waals surface area contributed by atoms with Crippen LogP contribution in [0.5, 0.6) is 0 Å². The molecule has 50 heavy (non-hydrogen) atoms. The molecule has 0 aliphatic heterocycles. The summed E-state index contributed by atoms with van der Waals surface area (Å²) < 4.78 is 5.04. The lowest BCUT2D eigenvalue weighted by Crippen LogP contribution is -2.11. The summed E-state index contributed by atoms with van der Waals surface area (Å²) in [5.41, 5.74) is 4.16. The van der Waals surface area contributed by atoms with E-state index in [9.17, 15) is 0 Å². The molecule has 0 atom stereocenters. The molecule has 0 fully saturated rings. The highest BCUT2D eigenvalue weighted by Gasteiger charge is 2.19. The summed E-state index contributed by atoms with van der Waals surface area (Å²) >= 11 is 3.68.